The van der Waals surface area contributed by atoms with Gasteiger partial charge in [-0.2, -0.15) is 5.10 Å². The summed E-state index contributed by atoms with van der Waals surface area (Å²) in [5.41, 5.74) is 3.43. The molecule has 0 aliphatic heterocycles. The fraction of sp³-hybridized carbons (Fsp3) is 0.400. The fourth-order valence-electron chi connectivity index (χ4n) is 2.43. The summed E-state index contributed by atoms with van der Waals surface area (Å²) in [7, 11) is 3.65. The van der Waals surface area contributed by atoms with E-state index in [1.165, 1.54) is 5.56 Å². The second-order valence-electron chi connectivity index (χ2n) is 4.66. The molecule has 0 amide bonds. The van der Waals surface area contributed by atoms with Crippen LogP contribution in [-0.4, -0.2) is 23.9 Å². The largest absolute Gasteiger partial charge is 0.496 e. The van der Waals surface area contributed by atoms with Crippen molar-refractivity contribution in [1.82, 2.24) is 15.1 Å². The quantitative estimate of drug-likeness (QED) is 0.909. The molecule has 1 heterocycles. The molecule has 0 bridgehead atoms. The lowest BCUT2D eigenvalue weighted by Crippen LogP contribution is -2.22. The molecule has 20 heavy (non-hydrogen) atoms. The second kappa shape index (κ2) is 6.41. The van der Waals surface area contributed by atoms with Gasteiger partial charge >= 0.3 is 0 Å². The predicted molar refractivity (Wildman–Crippen MR) is 84.2 cm³/mol. The van der Waals surface area contributed by atoms with Crippen LogP contribution < -0.4 is 10.1 Å². The van der Waals surface area contributed by atoms with Gasteiger partial charge in [-0.05, 0) is 42.9 Å². The van der Waals surface area contributed by atoms with Gasteiger partial charge in [0.2, 0.25) is 0 Å². The number of hydrogen-bond acceptors (Lipinski definition) is 3. The van der Waals surface area contributed by atoms with Crippen molar-refractivity contribution >= 4 is 15.9 Å². The van der Waals surface area contributed by atoms with E-state index < -0.39 is 0 Å². The van der Waals surface area contributed by atoms with Crippen LogP contribution in [0.3, 0.4) is 0 Å². The van der Waals surface area contributed by atoms with Crippen LogP contribution in [0.25, 0.3) is 0 Å². The Morgan fingerprint density at radius 2 is 2.20 bits per heavy atom. The first-order valence-corrected chi connectivity index (χ1v) is 7.44. The predicted octanol–water partition coefficient (Wildman–Crippen LogP) is 3.29. The maximum atomic E-state index is 5.51. The van der Waals surface area contributed by atoms with Gasteiger partial charge in [0.1, 0.15) is 5.75 Å². The Morgan fingerprint density at radius 1 is 1.45 bits per heavy atom. The third kappa shape index (κ3) is 2.74. The molecule has 1 unspecified atom stereocenters. The highest BCUT2D eigenvalue weighted by molar-refractivity contribution is 9.10. The minimum atomic E-state index is 0.0293. The number of rotatable bonds is 5. The van der Waals surface area contributed by atoms with Gasteiger partial charge in [-0.3, -0.25) is 4.68 Å². The molecule has 0 saturated heterocycles. The summed E-state index contributed by atoms with van der Waals surface area (Å²) >= 11 is 3.60. The first-order chi connectivity index (χ1) is 9.62. The van der Waals surface area contributed by atoms with Gasteiger partial charge in [0.05, 0.1) is 29.5 Å². The van der Waals surface area contributed by atoms with Crippen molar-refractivity contribution in [2.45, 2.75) is 26.4 Å². The third-order valence-corrected chi connectivity index (χ3v) is 4.00. The Kier molecular flexibility index (Phi) is 4.83. The topological polar surface area (TPSA) is 39.1 Å². The van der Waals surface area contributed by atoms with E-state index in [1.807, 2.05) is 24.0 Å². The number of aromatic nitrogens is 2. The number of benzene rings is 1. The van der Waals surface area contributed by atoms with Crippen molar-refractivity contribution in [3.63, 3.8) is 0 Å². The van der Waals surface area contributed by atoms with Crippen molar-refractivity contribution in [2.75, 3.05) is 14.2 Å². The Hall–Kier alpha value is -1.33. The number of aryl methyl sites for hydroxylation is 2. The number of nitrogens with one attached hydrogen (secondary N) is 1. The van der Waals surface area contributed by atoms with Gasteiger partial charge in [0, 0.05) is 12.1 Å². The molecule has 5 heteroatoms. The zero-order chi connectivity index (χ0) is 14.7. The molecule has 0 spiro atoms. The van der Waals surface area contributed by atoms with Crippen LogP contribution in [-0.2, 0) is 6.54 Å². The molecule has 4 nitrogen and oxygen atoms in total. The first kappa shape index (κ1) is 15.1. The molecule has 2 aromatic rings. The van der Waals surface area contributed by atoms with Crippen LogP contribution in [0.2, 0.25) is 0 Å². The molecule has 1 aromatic heterocycles. The third-order valence-electron chi connectivity index (χ3n) is 3.39. The molecule has 0 radical (unpaired) electrons. The Labute approximate surface area is 128 Å². The number of ether oxygens (including phenoxy) is 1. The van der Waals surface area contributed by atoms with Gasteiger partial charge in [-0.15, -0.1) is 0 Å². The summed E-state index contributed by atoms with van der Waals surface area (Å²) in [5.74, 6) is 0.880. The lowest BCUT2D eigenvalue weighted by molar-refractivity contribution is 0.403. The average molecular weight is 338 g/mol. The standard InChI is InChI=1S/C15H20BrN3O/c1-5-19-15(12(16)9-18-19)14(17-3)11-8-10(2)6-7-13(11)20-4/h6-9,14,17H,5H2,1-4H3. The minimum absolute atomic E-state index is 0.0293. The summed E-state index contributed by atoms with van der Waals surface area (Å²) in [6, 6.07) is 6.25. The fourth-order valence-corrected chi connectivity index (χ4v) is 2.95. The maximum absolute atomic E-state index is 5.51. The molecule has 0 saturated carbocycles. The maximum Gasteiger partial charge on any atom is 0.124 e. The molecule has 0 aliphatic carbocycles. The normalized spacial score (nSPS) is 12.4. The first-order valence-electron chi connectivity index (χ1n) is 6.65. The summed E-state index contributed by atoms with van der Waals surface area (Å²) in [6.45, 7) is 5.00. The molecular formula is C15H20BrN3O. The van der Waals surface area contributed by atoms with Gasteiger partial charge < -0.3 is 10.1 Å². The zero-order valence-corrected chi connectivity index (χ0v) is 13.9. The number of halogens is 1. The molecule has 2 rings (SSSR count). The van der Waals surface area contributed by atoms with Gasteiger partial charge in [0.15, 0.2) is 0 Å². The SMILES string of the molecule is CCn1ncc(Br)c1C(NC)c1cc(C)ccc1OC. The van der Waals surface area contributed by atoms with Crippen molar-refractivity contribution in [3.05, 3.63) is 45.7 Å². The highest BCUT2D eigenvalue weighted by atomic mass is 79.9. The monoisotopic (exact) mass is 337 g/mol. The lowest BCUT2D eigenvalue weighted by atomic mass is 10.0. The summed E-state index contributed by atoms with van der Waals surface area (Å²) in [5, 5.41) is 7.76. The van der Waals surface area contributed by atoms with Gasteiger partial charge in [0.25, 0.3) is 0 Å². The second-order valence-corrected chi connectivity index (χ2v) is 5.51. The molecule has 0 fully saturated rings. The molecule has 0 aliphatic rings. The number of nitrogens with zero attached hydrogens (tertiary/aromatic N) is 2. The molecule has 1 N–H and O–H groups in total. The highest BCUT2D eigenvalue weighted by Gasteiger charge is 2.23. The van der Waals surface area contributed by atoms with E-state index in [-0.39, 0.29) is 6.04 Å². The van der Waals surface area contributed by atoms with E-state index in [2.05, 4.69) is 52.3 Å². The minimum Gasteiger partial charge on any atom is -0.496 e. The smallest absolute Gasteiger partial charge is 0.124 e. The van der Waals surface area contributed by atoms with Crippen molar-refractivity contribution in [1.29, 1.82) is 0 Å². The molecule has 1 aromatic carbocycles. The van der Waals surface area contributed by atoms with E-state index >= 15 is 0 Å². The zero-order valence-electron chi connectivity index (χ0n) is 12.3. The Balaban J connectivity index is 2.57. The van der Waals surface area contributed by atoms with Crippen molar-refractivity contribution < 1.29 is 4.74 Å². The van der Waals surface area contributed by atoms with Gasteiger partial charge in [-0.1, -0.05) is 17.7 Å². The van der Waals surface area contributed by atoms with E-state index in [1.54, 1.807) is 7.11 Å². The summed E-state index contributed by atoms with van der Waals surface area (Å²) < 4.78 is 8.50. The van der Waals surface area contributed by atoms with Crippen LogP contribution in [0.4, 0.5) is 0 Å². The van der Waals surface area contributed by atoms with E-state index in [0.29, 0.717) is 0 Å². The average Bonchev–Trinajstić information content (AvgIpc) is 2.82. The Bertz CT molecular complexity index is 595. The van der Waals surface area contributed by atoms with E-state index in [0.717, 1.165) is 28.0 Å². The molecule has 1 atom stereocenters. The van der Waals surface area contributed by atoms with Crippen molar-refractivity contribution in [2.24, 2.45) is 0 Å². The number of hydrogen-bond donors (Lipinski definition) is 1. The molecule has 108 valence electrons. The lowest BCUT2D eigenvalue weighted by Gasteiger charge is -2.21. The highest BCUT2D eigenvalue weighted by Crippen LogP contribution is 2.34. The van der Waals surface area contributed by atoms with Crippen LogP contribution in [0.5, 0.6) is 5.75 Å². The van der Waals surface area contributed by atoms with Crippen LogP contribution >= 0.6 is 15.9 Å². The molecular weight excluding hydrogens is 318 g/mol. The summed E-state index contributed by atoms with van der Waals surface area (Å²) in [6.07, 6.45) is 1.84. The van der Waals surface area contributed by atoms with Crippen molar-refractivity contribution in [3.8, 4) is 5.75 Å². The van der Waals surface area contributed by atoms with Crippen LogP contribution in [0, 0.1) is 6.92 Å². The van der Waals surface area contributed by atoms with E-state index in [9.17, 15) is 0 Å². The van der Waals surface area contributed by atoms with Crippen LogP contribution in [0.15, 0.2) is 28.9 Å². The Morgan fingerprint density at radius 3 is 2.80 bits per heavy atom. The number of methoxy groups -OCH3 is 1. The van der Waals surface area contributed by atoms with Crippen LogP contribution in [0.1, 0.15) is 29.8 Å². The van der Waals surface area contributed by atoms with Gasteiger partial charge in [-0.25, -0.2) is 0 Å². The summed E-state index contributed by atoms with van der Waals surface area (Å²) in [4.78, 5) is 0. The van der Waals surface area contributed by atoms with E-state index in [4.69, 9.17) is 4.74 Å².